The van der Waals surface area contributed by atoms with Gasteiger partial charge < -0.3 is 14.2 Å². The Morgan fingerprint density at radius 3 is 0.803 bits per heavy atom. The fourth-order valence-electron chi connectivity index (χ4n) is 8.34. The number of hydrogen-bond donors (Lipinski definition) is 0. The summed E-state index contributed by atoms with van der Waals surface area (Å²) in [5.41, 5.74) is 0. The van der Waals surface area contributed by atoms with Crippen LogP contribution in [-0.4, -0.2) is 37.2 Å². The molecule has 0 aromatic heterocycles. The Hall–Kier alpha value is -1.59. The van der Waals surface area contributed by atoms with E-state index in [4.69, 9.17) is 14.2 Å². The summed E-state index contributed by atoms with van der Waals surface area (Å²) in [6.07, 6.45) is 49.7. The molecule has 0 unspecified atom stereocenters. The van der Waals surface area contributed by atoms with Crippen molar-refractivity contribution < 1.29 is 28.6 Å². The number of carbonyl (C=O) groups excluding carboxylic acids is 3. The minimum absolute atomic E-state index is 0.0644. The molecule has 0 aromatic carbocycles. The normalized spacial score (nSPS) is 12.0. The van der Waals surface area contributed by atoms with Gasteiger partial charge in [-0.2, -0.15) is 0 Å². The van der Waals surface area contributed by atoms with Gasteiger partial charge >= 0.3 is 17.9 Å². The van der Waals surface area contributed by atoms with Crippen LogP contribution in [-0.2, 0) is 28.6 Å². The minimum Gasteiger partial charge on any atom is -0.462 e. The van der Waals surface area contributed by atoms with Gasteiger partial charge in [-0.3, -0.25) is 14.4 Å². The van der Waals surface area contributed by atoms with Gasteiger partial charge in [-0.25, -0.2) is 0 Å². The standard InChI is InChI=1S/C55H106O6/c1-6-7-8-9-10-11-12-13-16-20-23-26-29-35-40-45-53(56)59-48-52(61-55(58)47-42-37-32-31-34-39-44-51(4)5)49-60-54(57)46-41-36-30-27-24-21-18-15-14-17-19-22-25-28-33-38-43-50(2)3/h50-52H,6-49H2,1-5H3/t52-/m1/s1. The van der Waals surface area contributed by atoms with Gasteiger partial charge in [0.05, 0.1) is 0 Å². The molecule has 0 amide bonds. The first-order valence-electron chi connectivity index (χ1n) is 27.2. The molecule has 61 heavy (non-hydrogen) atoms. The second-order valence-electron chi connectivity index (χ2n) is 19.8. The molecule has 0 N–H and O–H groups in total. The van der Waals surface area contributed by atoms with E-state index >= 15 is 0 Å². The third-order valence-corrected chi connectivity index (χ3v) is 12.5. The summed E-state index contributed by atoms with van der Waals surface area (Å²) in [5.74, 6) is 0.762. The number of unbranched alkanes of at least 4 members (excludes halogenated alkanes) is 34. The minimum atomic E-state index is -0.762. The Labute approximate surface area is 380 Å². The van der Waals surface area contributed by atoms with E-state index in [1.165, 1.54) is 193 Å². The van der Waals surface area contributed by atoms with Gasteiger partial charge in [0.15, 0.2) is 6.10 Å². The Morgan fingerprint density at radius 2 is 0.541 bits per heavy atom. The van der Waals surface area contributed by atoms with E-state index in [0.29, 0.717) is 19.3 Å². The van der Waals surface area contributed by atoms with Crippen molar-refractivity contribution >= 4 is 17.9 Å². The summed E-state index contributed by atoms with van der Waals surface area (Å²) in [7, 11) is 0. The molecular weight excluding hydrogens is 757 g/mol. The summed E-state index contributed by atoms with van der Waals surface area (Å²) in [5, 5.41) is 0. The van der Waals surface area contributed by atoms with Crippen molar-refractivity contribution in [3.63, 3.8) is 0 Å². The maximum Gasteiger partial charge on any atom is 0.306 e. The summed E-state index contributed by atoms with van der Waals surface area (Å²) < 4.78 is 16.8. The molecule has 0 saturated carbocycles. The molecule has 0 fully saturated rings. The summed E-state index contributed by atoms with van der Waals surface area (Å²) in [4.78, 5) is 37.9. The molecule has 0 aliphatic carbocycles. The third-order valence-electron chi connectivity index (χ3n) is 12.5. The molecule has 0 radical (unpaired) electrons. The van der Waals surface area contributed by atoms with Gasteiger partial charge in [0, 0.05) is 19.3 Å². The monoisotopic (exact) mass is 863 g/mol. The van der Waals surface area contributed by atoms with E-state index < -0.39 is 6.10 Å². The van der Waals surface area contributed by atoms with Crippen molar-refractivity contribution in [2.75, 3.05) is 13.2 Å². The highest BCUT2D eigenvalue weighted by molar-refractivity contribution is 5.71. The van der Waals surface area contributed by atoms with E-state index in [1.807, 2.05) is 0 Å². The number of carbonyl (C=O) groups is 3. The van der Waals surface area contributed by atoms with Gasteiger partial charge in [-0.1, -0.05) is 266 Å². The summed E-state index contributed by atoms with van der Waals surface area (Å²) in [6.45, 7) is 11.3. The molecule has 6 heteroatoms. The molecule has 0 rings (SSSR count). The van der Waals surface area contributed by atoms with E-state index in [-0.39, 0.29) is 31.1 Å². The topological polar surface area (TPSA) is 78.9 Å². The van der Waals surface area contributed by atoms with Crippen molar-refractivity contribution in [2.45, 2.75) is 310 Å². The second-order valence-corrected chi connectivity index (χ2v) is 19.8. The van der Waals surface area contributed by atoms with Gasteiger partial charge in [0.2, 0.25) is 0 Å². The first-order valence-corrected chi connectivity index (χ1v) is 27.2. The lowest BCUT2D eigenvalue weighted by molar-refractivity contribution is -0.167. The highest BCUT2D eigenvalue weighted by Gasteiger charge is 2.19. The third kappa shape index (κ3) is 49.3. The zero-order valence-electron chi connectivity index (χ0n) is 41.8. The molecule has 0 aromatic rings. The largest absolute Gasteiger partial charge is 0.462 e. The SMILES string of the molecule is CCCCCCCCCCCCCCCCCC(=O)OC[C@H](COC(=O)CCCCCCCCCCCCCCCCCCC(C)C)OC(=O)CCCCCCCCC(C)C. The highest BCUT2D eigenvalue weighted by Crippen LogP contribution is 2.18. The molecule has 0 aliphatic heterocycles. The Kier molecular flexibility index (Phi) is 46.6. The summed E-state index contributed by atoms with van der Waals surface area (Å²) >= 11 is 0. The predicted octanol–water partition coefficient (Wildman–Crippen LogP) is 17.7. The zero-order chi connectivity index (χ0) is 44.7. The number of hydrogen-bond acceptors (Lipinski definition) is 6. The van der Waals surface area contributed by atoms with Crippen LogP contribution in [0.2, 0.25) is 0 Å². The van der Waals surface area contributed by atoms with Gasteiger partial charge in [0.25, 0.3) is 0 Å². The van der Waals surface area contributed by atoms with Crippen LogP contribution >= 0.6 is 0 Å². The smallest absolute Gasteiger partial charge is 0.306 e. The van der Waals surface area contributed by atoms with E-state index in [9.17, 15) is 14.4 Å². The molecule has 0 saturated heterocycles. The maximum absolute atomic E-state index is 12.7. The number of esters is 3. The fourth-order valence-corrected chi connectivity index (χ4v) is 8.34. The van der Waals surface area contributed by atoms with E-state index in [0.717, 1.165) is 69.6 Å². The van der Waals surface area contributed by atoms with E-state index in [1.54, 1.807) is 0 Å². The van der Waals surface area contributed by atoms with Crippen LogP contribution in [0.3, 0.4) is 0 Å². The molecular formula is C55H106O6. The fraction of sp³-hybridized carbons (Fsp3) is 0.945. The zero-order valence-corrected chi connectivity index (χ0v) is 41.8. The van der Waals surface area contributed by atoms with Crippen molar-refractivity contribution in [2.24, 2.45) is 11.8 Å². The lowest BCUT2D eigenvalue weighted by Crippen LogP contribution is -2.30. The van der Waals surface area contributed by atoms with Crippen LogP contribution < -0.4 is 0 Å². The van der Waals surface area contributed by atoms with Crippen molar-refractivity contribution in [3.05, 3.63) is 0 Å². The molecule has 1 atom stereocenters. The summed E-state index contributed by atoms with van der Waals surface area (Å²) in [6, 6.07) is 0. The molecule has 0 spiro atoms. The second kappa shape index (κ2) is 47.9. The maximum atomic E-state index is 12.7. The Morgan fingerprint density at radius 1 is 0.311 bits per heavy atom. The molecule has 362 valence electrons. The number of ether oxygens (including phenoxy) is 3. The van der Waals surface area contributed by atoms with Crippen LogP contribution in [0.5, 0.6) is 0 Å². The van der Waals surface area contributed by atoms with E-state index in [2.05, 4.69) is 34.6 Å². The van der Waals surface area contributed by atoms with Crippen LogP contribution in [0.4, 0.5) is 0 Å². The van der Waals surface area contributed by atoms with Crippen LogP contribution in [0, 0.1) is 11.8 Å². The Balaban J connectivity index is 4.20. The first-order chi connectivity index (χ1) is 29.7. The van der Waals surface area contributed by atoms with Gasteiger partial charge in [0.1, 0.15) is 13.2 Å². The average molecular weight is 863 g/mol. The van der Waals surface area contributed by atoms with Crippen molar-refractivity contribution in [3.8, 4) is 0 Å². The molecule has 0 bridgehead atoms. The van der Waals surface area contributed by atoms with Crippen LogP contribution in [0.25, 0.3) is 0 Å². The van der Waals surface area contributed by atoms with Crippen LogP contribution in [0.15, 0.2) is 0 Å². The molecule has 0 heterocycles. The molecule has 6 nitrogen and oxygen atoms in total. The van der Waals surface area contributed by atoms with Crippen molar-refractivity contribution in [1.29, 1.82) is 0 Å². The van der Waals surface area contributed by atoms with Gasteiger partial charge in [-0.05, 0) is 31.1 Å². The van der Waals surface area contributed by atoms with Gasteiger partial charge in [-0.15, -0.1) is 0 Å². The highest BCUT2D eigenvalue weighted by atomic mass is 16.6. The number of rotatable bonds is 49. The quantitative estimate of drug-likeness (QED) is 0.0344. The lowest BCUT2D eigenvalue weighted by atomic mass is 10.0. The molecule has 0 aliphatic rings. The first kappa shape index (κ1) is 59.4. The predicted molar refractivity (Wildman–Crippen MR) is 261 cm³/mol. The van der Waals surface area contributed by atoms with Crippen molar-refractivity contribution in [1.82, 2.24) is 0 Å². The Bertz CT molecular complexity index is 931. The van der Waals surface area contributed by atoms with Crippen LogP contribution in [0.1, 0.15) is 304 Å². The average Bonchev–Trinajstić information content (AvgIpc) is 3.23. The lowest BCUT2D eigenvalue weighted by Gasteiger charge is -2.18.